The van der Waals surface area contributed by atoms with Gasteiger partial charge in [0.1, 0.15) is 0 Å². The van der Waals surface area contributed by atoms with Gasteiger partial charge in [-0.05, 0) is 55.8 Å². The molecule has 1 saturated heterocycles. The molecule has 1 aliphatic heterocycles. The van der Waals surface area contributed by atoms with E-state index in [1.807, 2.05) is 36.4 Å². The van der Waals surface area contributed by atoms with E-state index in [0.717, 1.165) is 34.9 Å². The van der Waals surface area contributed by atoms with Crippen molar-refractivity contribution in [2.75, 3.05) is 11.9 Å². The molecular weight excluding hydrogens is 282 g/mol. The number of nitrogens with one attached hydrogen (secondary N) is 2. The van der Waals surface area contributed by atoms with Gasteiger partial charge < -0.3 is 10.6 Å². The molecule has 21 heavy (non-hydrogen) atoms. The zero-order chi connectivity index (χ0) is 14.5. The Morgan fingerprint density at radius 2 is 1.86 bits per heavy atom. The maximum absolute atomic E-state index is 12.0. The van der Waals surface area contributed by atoms with E-state index in [4.69, 9.17) is 0 Å². The van der Waals surface area contributed by atoms with E-state index >= 15 is 0 Å². The molecule has 1 aromatic carbocycles. The first kappa shape index (κ1) is 14.1. The number of hydrogen-bond acceptors (Lipinski definition) is 4. The molecule has 1 aliphatic rings. The van der Waals surface area contributed by atoms with Crippen molar-refractivity contribution < 1.29 is 4.79 Å². The Morgan fingerprint density at radius 1 is 1.14 bits per heavy atom. The molecule has 2 N–H and O–H groups in total. The minimum atomic E-state index is -0.0455. The highest BCUT2D eigenvalue weighted by molar-refractivity contribution is 7.99. The zero-order valence-corrected chi connectivity index (χ0v) is 12.4. The number of pyridine rings is 1. The first-order chi connectivity index (χ1) is 10.3. The molecule has 2 heterocycles. The Balaban J connectivity index is 1.60. The number of carbonyl (C=O) groups is 1. The summed E-state index contributed by atoms with van der Waals surface area (Å²) in [5, 5.41) is 6.15. The molecule has 1 fully saturated rings. The second-order valence-electron chi connectivity index (χ2n) is 4.95. The Bertz CT molecular complexity index is 595. The predicted molar refractivity (Wildman–Crippen MR) is 84.5 cm³/mol. The summed E-state index contributed by atoms with van der Waals surface area (Å²) in [5.74, 6) is 0.0574. The molecule has 4 nitrogen and oxygen atoms in total. The van der Waals surface area contributed by atoms with Gasteiger partial charge in [-0.3, -0.25) is 9.78 Å². The van der Waals surface area contributed by atoms with Crippen LogP contribution in [0.3, 0.4) is 0 Å². The number of benzene rings is 1. The maximum atomic E-state index is 12.0. The molecule has 3 rings (SSSR count). The minimum absolute atomic E-state index is 0.0455. The van der Waals surface area contributed by atoms with Crippen molar-refractivity contribution in [3.05, 3.63) is 48.8 Å². The lowest BCUT2D eigenvalue weighted by molar-refractivity contribution is -0.117. The van der Waals surface area contributed by atoms with Crippen LogP contribution in [0.1, 0.15) is 12.8 Å². The monoisotopic (exact) mass is 299 g/mol. The molecule has 0 spiro atoms. The van der Waals surface area contributed by atoms with Crippen LogP contribution >= 0.6 is 11.8 Å². The third-order valence-corrected chi connectivity index (χ3v) is 4.40. The van der Waals surface area contributed by atoms with Crippen LogP contribution in [0.2, 0.25) is 0 Å². The van der Waals surface area contributed by atoms with E-state index in [9.17, 15) is 4.79 Å². The Kier molecular flexibility index (Phi) is 4.52. The fraction of sp³-hybridized carbons (Fsp3) is 0.250. The Morgan fingerprint density at radius 3 is 2.52 bits per heavy atom. The summed E-state index contributed by atoms with van der Waals surface area (Å²) in [6, 6.07) is 11.8. The number of anilines is 1. The van der Waals surface area contributed by atoms with Gasteiger partial charge in [0, 0.05) is 27.9 Å². The van der Waals surface area contributed by atoms with Crippen molar-refractivity contribution in [2.24, 2.45) is 0 Å². The fourth-order valence-corrected chi connectivity index (χ4v) is 3.09. The summed E-state index contributed by atoms with van der Waals surface area (Å²) in [4.78, 5) is 18.3. The lowest BCUT2D eigenvalue weighted by Gasteiger charge is -2.11. The first-order valence-corrected chi connectivity index (χ1v) is 7.85. The molecule has 108 valence electrons. The number of hydrogen-bond donors (Lipinski definition) is 2. The maximum Gasteiger partial charge on any atom is 0.241 e. The third-order valence-electron chi connectivity index (χ3n) is 3.38. The van der Waals surface area contributed by atoms with Crippen molar-refractivity contribution in [3.63, 3.8) is 0 Å². The van der Waals surface area contributed by atoms with Crippen molar-refractivity contribution in [2.45, 2.75) is 28.7 Å². The zero-order valence-electron chi connectivity index (χ0n) is 11.6. The van der Waals surface area contributed by atoms with Crippen molar-refractivity contribution in [1.29, 1.82) is 0 Å². The normalized spacial score (nSPS) is 17.6. The molecule has 5 heteroatoms. The standard InChI is InChI=1S/C16H17N3OS/c20-16(15-2-1-9-18-15)19-12-3-5-13(6-4-12)21-14-7-10-17-11-8-14/h3-8,10-11,15,18H,1-2,9H2,(H,19,20)/t15-/m0/s1. The highest BCUT2D eigenvalue weighted by Gasteiger charge is 2.21. The van der Waals surface area contributed by atoms with E-state index < -0.39 is 0 Å². The van der Waals surface area contributed by atoms with Crippen molar-refractivity contribution in [1.82, 2.24) is 10.3 Å². The summed E-state index contributed by atoms with van der Waals surface area (Å²) in [6.45, 7) is 0.930. The second kappa shape index (κ2) is 6.74. The predicted octanol–water partition coefficient (Wildman–Crippen LogP) is 2.92. The van der Waals surface area contributed by atoms with Crippen LogP contribution < -0.4 is 10.6 Å². The number of aromatic nitrogens is 1. The van der Waals surface area contributed by atoms with E-state index in [0.29, 0.717) is 0 Å². The number of nitrogens with zero attached hydrogens (tertiary/aromatic N) is 1. The highest BCUT2D eigenvalue weighted by atomic mass is 32.2. The molecule has 0 unspecified atom stereocenters. The van der Waals surface area contributed by atoms with E-state index in [-0.39, 0.29) is 11.9 Å². The van der Waals surface area contributed by atoms with Gasteiger partial charge in [0.05, 0.1) is 6.04 Å². The lowest BCUT2D eigenvalue weighted by Crippen LogP contribution is -2.35. The highest BCUT2D eigenvalue weighted by Crippen LogP contribution is 2.27. The van der Waals surface area contributed by atoms with Crippen LogP contribution in [0.4, 0.5) is 5.69 Å². The molecule has 0 saturated carbocycles. The van der Waals surface area contributed by atoms with Gasteiger partial charge in [-0.15, -0.1) is 0 Å². The van der Waals surface area contributed by atoms with Gasteiger partial charge in [-0.1, -0.05) is 11.8 Å². The van der Waals surface area contributed by atoms with E-state index in [2.05, 4.69) is 15.6 Å². The summed E-state index contributed by atoms with van der Waals surface area (Å²) < 4.78 is 0. The van der Waals surface area contributed by atoms with Gasteiger partial charge in [-0.2, -0.15) is 0 Å². The van der Waals surface area contributed by atoms with Crippen LogP contribution in [0.15, 0.2) is 58.6 Å². The number of amides is 1. The minimum Gasteiger partial charge on any atom is -0.325 e. The van der Waals surface area contributed by atoms with Crippen LogP contribution in [-0.4, -0.2) is 23.5 Å². The summed E-state index contributed by atoms with van der Waals surface area (Å²) in [5.41, 5.74) is 0.841. The quantitative estimate of drug-likeness (QED) is 0.911. The van der Waals surface area contributed by atoms with Crippen molar-refractivity contribution in [3.8, 4) is 0 Å². The average Bonchev–Trinajstić information content (AvgIpc) is 3.05. The SMILES string of the molecule is O=C(Nc1ccc(Sc2ccncc2)cc1)[C@@H]1CCCN1. The van der Waals surface area contributed by atoms with Crippen LogP contribution in [-0.2, 0) is 4.79 Å². The topological polar surface area (TPSA) is 54.0 Å². The van der Waals surface area contributed by atoms with E-state index in [1.54, 1.807) is 24.2 Å². The van der Waals surface area contributed by atoms with E-state index in [1.165, 1.54) is 0 Å². The second-order valence-corrected chi connectivity index (χ2v) is 6.09. The molecule has 1 aromatic heterocycles. The Labute approximate surface area is 128 Å². The molecule has 1 amide bonds. The molecule has 2 aromatic rings. The lowest BCUT2D eigenvalue weighted by atomic mass is 10.2. The fourth-order valence-electron chi connectivity index (χ4n) is 2.29. The smallest absolute Gasteiger partial charge is 0.241 e. The number of carbonyl (C=O) groups excluding carboxylic acids is 1. The molecule has 0 aliphatic carbocycles. The van der Waals surface area contributed by atoms with Gasteiger partial charge >= 0.3 is 0 Å². The van der Waals surface area contributed by atoms with Gasteiger partial charge in [0.25, 0.3) is 0 Å². The third kappa shape index (κ3) is 3.83. The van der Waals surface area contributed by atoms with Gasteiger partial charge in [0.2, 0.25) is 5.91 Å². The molecule has 1 atom stereocenters. The summed E-state index contributed by atoms with van der Waals surface area (Å²) in [6.07, 6.45) is 5.55. The largest absolute Gasteiger partial charge is 0.325 e. The molecule has 0 bridgehead atoms. The van der Waals surface area contributed by atoms with Crippen molar-refractivity contribution >= 4 is 23.4 Å². The van der Waals surface area contributed by atoms with Gasteiger partial charge in [0.15, 0.2) is 0 Å². The van der Waals surface area contributed by atoms with Gasteiger partial charge in [-0.25, -0.2) is 0 Å². The van der Waals surface area contributed by atoms with Crippen LogP contribution in [0.5, 0.6) is 0 Å². The molecular formula is C16H17N3OS. The summed E-state index contributed by atoms with van der Waals surface area (Å²) >= 11 is 1.68. The van der Waals surface area contributed by atoms with Crippen LogP contribution in [0, 0.1) is 0 Å². The summed E-state index contributed by atoms with van der Waals surface area (Å²) in [7, 11) is 0. The van der Waals surface area contributed by atoms with Crippen LogP contribution in [0.25, 0.3) is 0 Å². The molecule has 0 radical (unpaired) electrons. The Hall–Kier alpha value is -1.85. The number of rotatable bonds is 4. The first-order valence-electron chi connectivity index (χ1n) is 7.03. The average molecular weight is 299 g/mol.